The van der Waals surface area contributed by atoms with E-state index < -0.39 is 10.0 Å². The van der Waals surface area contributed by atoms with E-state index in [4.69, 9.17) is 0 Å². The second-order valence-electron chi connectivity index (χ2n) is 7.15. The zero-order chi connectivity index (χ0) is 18.9. The molecule has 0 aliphatic carbocycles. The van der Waals surface area contributed by atoms with Crippen molar-refractivity contribution >= 4 is 15.9 Å². The normalized spacial score (nSPS) is 20.7. The minimum atomic E-state index is -3.33. The van der Waals surface area contributed by atoms with Crippen LogP contribution in [-0.2, 0) is 10.0 Å². The first kappa shape index (κ1) is 18.6. The third-order valence-corrected chi connectivity index (χ3v) is 5.48. The molecule has 140 valence electrons. The van der Waals surface area contributed by atoms with Gasteiger partial charge in [0.15, 0.2) is 0 Å². The van der Waals surface area contributed by atoms with Crippen molar-refractivity contribution in [2.75, 3.05) is 19.3 Å². The van der Waals surface area contributed by atoms with Crippen LogP contribution in [0.2, 0.25) is 0 Å². The minimum Gasteiger partial charge on any atom is -0.335 e. The molecule has 1 aromatic carbocycles. The molecule has 26 heavy (non-hydrogen) atoms. The lowest BCUT2D eigenvalue weighted by Gasteiger charge is -2.21. The number of benzene rings is 1. The summed E-state index contributed by atoms with van der Waals surface area (Å²) in [4.78, 5) is 14.5. The lowest BCUT2D eigenvalue weighted by atomic mass is 9.92. The molecule has 3 rings (SSSR count). The van der Waals surface area contributed by atoms with Gasteiger partial charge in [0.25, 0.3) is 5.91 Å². The van der Waals surface area contributed by atoms with E-state index >= 15 is 0 Å². The fourth-order valence-corrected chi connectivity index (χ4v) is 4.23. The summed E-state index contributed by atoms with van der Waals surface area (Å²) >= 11 is 0. The number of nitrogens with one attached hydrogen (secondary N) is 2. The van der Waals surface area contributed by atoms with Crippen molar-refractivity contribution in [2.45, 2.75) is 19.9 Å². The second-order valence-corrected chi connectivity index (χ2v) is 8.93. The molecule has 0 radical (unpaired) electrons. The zero-order valence-electron chi connectivity index (χ0n) is 15.1. The maximum atomic E-state index is 12.8. The molecule has 1 saturated heterocycles. The lowest BCUT2D eigenvalue weighted by molar-refractivity contribution is 0.0777. The number of carbonyl (C=O) groups excluding carboxylic acids is 1. The molecule has 1 aromatic heterocycles. The Kier molecular flexibility index (Phi) is 5.15. The molecule has 1 aliphatic heterocycles. The van der Waals surface area contributed by atoms with Gasteiger partial charge in [0.05, 0.1) is 11.9 Å². The Bertz CT molecular complexity index is 877. The number of aromatic nitrogens is 2. The SMILES string of the molecule is CC(C)[C@@H]1CN(C(=O)c2cc(-c3ccccc3)n[nH]2)C[C@H]1NS(C)(=O)=O. The molecule has 1 fully saturated rings. The molecular formula is C18H24N4O3S. The number of rotatable bonds is 5. The van der Waals surface area contributed by atoms with Crippen molar-refractivity contribution in [3.63, 3.8) is 0 Å². The van der Waals surface area contributed by atoms with Crippen LogP contribution in [0, 0.1) is 11.8 Å². The number of nitrogens with zero attached hydrogens (tertiary/aromatic N) is 2. The summed E-state index contributed by atoms with van der Waals surface area (Å²) in [5.74, 6) is 0.169. The van der Waals surface area contributed by atoms with Crippen LogP contribution in [-0.4, -0.2) is 54.8 Å². The monoisotopic (exact) mass is 376 g/mol. The molecule has 0 saturated carbocycles. The lowest BCUT2D eigenvalue weighted by Crippen LogP contribution is -2.41. The first-order valence-electron chi connectivity index (χ1n) is 8.62. The van der Waals surface area contributed by atoms with E-state index in [-0.39, 0.29) is 23.8 Å². The van der Waals surface area contributed by atoms with Crippen molar-refractivity contribution in [3.05, 3.63) is 42.1 Å². The van der Waals surface area contributed by atoms with Gasteiger partial charge in [-0.3, -0.25) is 9.89 Å². The molecule has 2 N–H and O–H groups in total. The number of carbonyl (C=O) groups is 1. The van der Waals surface area contributed by atoms with E-state index in [1.807, 2.05) is 44.2 Å². The van der Waals surface area contributed by atoms with Gasteiger partial charge in [0.2, 0.25) is 10.0 Å². The van der Waals surface area contributed by atoms with E-state index in [1.165, 1.54) is 0 Å². The highest BCUT2D eigenvalue weighted by Crippen LogP contribution is 2.26. The second kappa shape index (κ2) is 7.20. The molecule has 8 heteroatoms. The van der Waals surface area contributed by atoms with Crippen molar-refractivity contribution in [2.24, 2.45) is 11.8 Å². The smallest absolute Gasteiger partial charge is 0.271 e. The van der Waals surface area contributed by atoms with Crippen LogP contribution in [0.1, 0.15) is 24.3 Å². The first-order valence-corrected chi connectivity index (χ1v) is 10.5. The average Bonchev–Trinajstić information content (AvgIpc) is 3.21. The summed E-state index contributed by atoms with van der Waals surface area (Å²) < 4.78 is 25.9. The van der Waals surface area contributed by atoms with Gasteiger partial charge in [0.1, 0.15) is 5.69 Å². The van der Waals surface area contributed by atoms with Crippen molar-refractivity contribution < 1.29 is 13.2 Å². The van der Waals surface area contributed by atoms with E-state index in [9.17, 15) is 13.2 Å². The Labute approximate surface area is 153 Å². The summed E-state index contributed by atoms with van der Waals surface area (Å²) in [6, 6.07) is 11.1. The molecule has 0 spiro atoms. The quantitative estimate of drug-likeness (QED) is 0.831. The number of sulfonamides is 1. The highest BCUT2D eigenvalue weighted by Gasteiger charge is 2.38. The molecular weight excluding hydrogens is 352 g/mol. The summed E-state index contributed by atoms with van der Waals surface area (Å²) in [5.41, 5.74) is 2.05. The number of likely N-dealkylation sites (tertiary alicyclic amines) is 1. The van der Waals surface area contributed by atoms with E-state index in [1.54, 1.807) is 11.0 Å². The fraction of sp³-hybridized carbons (Fsp3) is 0.444. The topological polar surface area (TPSA) is 95.2 Å². The highest BCUT2D eigenvalue weighted by molar-refractivity contribution is 7.88. The van der Waals surface area contributed by atoms with Gasteiger partial charge in [-0.1, -0.05) is 44.2 Å². The highest BCUT2D eigenvalue weighted by atomic mass is 32.2. The molecule has 0 bridgehead atoms. The van der Waals surface area contributed by atoms with Gasteiger partial charge < -0.3 is 4.90 Å². The Hall–Kier alpha value is -2.19. The van der Waals surface area contributed by atoms with Crippen LogP contribution in [0.4, 0.5) is 0 Å². The molecule has 1 amide bonds. The average molecular weight is 376 g/mol. The van der Waals surface area contributed by atoms with Gasteiger partial charge >= 0.3 is 0 Å². The molecule has 2 aromatic rings. The number of amides is 1. The van der Waals surface area contributed by atoms with Crippen LogP contribution in [0.15, 0.2) is 36.4 Å². The molecule has 0 unspecified atom stereocenters. The molecule has 2 heterocycles. The molecule has 1 aliphatic rings. The summed E-state index contributed by atoms with van der Waals surface area (Å²) in [5, 5.41) is 7.04. The predicted molar refractivity (Wildman–Crippen MR) is 100 cm³/mol. The van der Waals surface area contributed by atoms with Gasteiger partial charge in [-0.05, 0) is 17.9 Å². The standard InChI is InChI=1S/C18H24N4O3S/c1-12(2)14-10-22(11-17(14)21-26(3,24)25)18(23)16-9-15(19-20-16)13-7-5-4-6-8-13/h4-9,12,14,17,21H,10-11H2,1-3H3,(H,19,20)/t14-,17+/m0/s1. The first-order chi connectivity index (χ1) is 12.2. The van der Waals surface area contributed by atoms with Crippen LogP contribution >= 0.6 is 0 Å². The van der Waals surface area contributed by atoms with E-state index in [0.29, 0.717) is 24.5 Å². The largest absolute Gasteiger partial charge is 0.335 e. The molecule has 7 nitrogen and oxygen atoms in total. The minimum absolute atomic E-state index is 0.0743. The fourth-order valence-electron chi connectivity index (χ4n) is 3.43. The maximum absolute atomic E-state index is 12.8. The zero-order valence-corrected chi connectivity index (χ0v) is 16.0. The van der Waals surface area contributed by atoms with E-state index in [2.05, 4.69) is 14.9 Å². The number of aromatic amines is 1. The Morgan fingerprint density at radius 3 is 2.58 bits per heavy atom. The van der Waals surface area contributed by atoms with Crippen LogP contribution in [0.25, 0.3) is 11.3 Å². The summed E-state index contributed by atoms with van der Waals surface area (Å²) in [6.45, 7) is 4.95. The van der Waals surface area contributed by atoms with Crippen LogP contribution in [0.5, 0.6) is 0 Å². The third-order valence-electron chi connectivity index (χ3n) is 4.75. The number of hydrogen-bond acceptors (Lipinski definition) is 4. The Morgan fingerprint density at radius 1 is 1.27 bits per heavy atom. The van der Waals surface area contributed by atoms with Gasteiger partial charge in [-0.25, -0.2) is 13.1 Å². The van der Waals surface area contributed by atoms with Crippen LogP contribution in [0.3, 0.4) is 0 Å². The Balaban J connectivity index is 1.77. The van der Waals surface area contributed by atoms with Crippen molar-refractivity contribution in [1.29, 1.82) is 0 Å². The van der Waals surface area contributed by atoms with Crippen molar-refractivity contribution in [1.82, 2.24) is 19.8 Å². The third kappa shape index (κ3) is 4.13. The van der Waals surface area contributed by atoms with Crippen LogP contribution < -0.4 is 4.72 Å². The van der Waals surface area contributed by atoms with E-state index in [0.717, 1.165) is 11.8 Å². The maximum Gasteiger partial charge on any atom is 0.271 e. The van der Waals surface area contributed by atoms with Gasteiger partial charge in [-0.15, -0.1) is 0 Å². The summed E-state index contributed by atoms with van der Waals surface area (Å²) in [7, 11) is -3.33. The van der Waals surface area contributed by atoms with Crippen molar-refractivity contribution in [3.8, 4) is 11.3 Å². The predicted octanol–water partition coefficient (Wildman–Crippen LogP) is 1.72. The van der Waals surface area contributed by atoms with Gasteiger partial charge in [0, 0.05) is 24.7 Å². The van der Waals surface area contributed by atoms with Gasteiger partial charge in [-0.2, -0.15) is 5.10 Å². The molecule has 2 atom stereocenters. The number of hydrogen-bond donors (Lipinski definition) is 2. The summed E-state index contributed by atoms with van der Waals surface area (Å²) in [6.07, 6.45) is 1.15. The Morgan fingerprint density at radius 2 is 1.96 bits per heavy atom. The number of H-pyrrole nitrogens is 1.